The van der Waals surface area contributed by atoms with Crippen LogP contribution in [0.4, 0.5) is 10.5 Å². The number of aryl methyl sites for hydroxylation is 4. The van der Waals surface area contributed by atoms with E-state index in [0.717, 1.165) is 29.8 Å². The summed E-state index contributed by atoms with van der Waals surface area (Å²) in [4.78, 5) is 14.8. The molecule has 2 amide bonds. The van der Waals surface area contributed by atoms with E-state index in [0.29, 0.717) is 12.2 Å². The third-order valence-corrected chi connectivity index (χ3v) is 4.99. The molecule has 1 aliphatic rings. The number of hydrogen-bond donors (Lipinski definition) is 3. The summed E-state index contributed by atoms with van der Waals surface area (Å²) in [5.74, 6) is 0.0968. The number of phenols is 1. The summed E-state index contributed by atoms with van der Waals surface area (Å²) in [7, 11) is 0. The molecule has 0 spiro atoms. The van der Waals surface area contributed by atoms with Crippen molar-refractivity contribution in [3.8, 4) is 5.75 Å². The second-order valence-electron chi connectivity index (χ2n) is 7.22. The Morgan fingerprint density at radius 1 is 1.08 bits per heavy atom. The summed E-state index contributed by atoms with van der Waals surface area (Å²) in [5, 5.41) is 16.4. The summed E-state index contributed by atoms with van der Waals surface area (Å²) in [6.07, 6.45) is 0. The third kappa shape index (κ3) is 3.83. The molecule has 1 unspecified atom stereocenters. The minimum atomic E-state index is -0.186. The van der Waals surface area contributed by atoms with Crippen LogP contribution < -0.4 is 10.6 Å². The zero-order valence-electron chi connectivity index (χ0n) is 15.9. The summed E-state index contributed by atoms with van der Waals surface area (Å²) in [5.41, 5.74) is 6.00. The van der Waals surface area contributed by atoms with Crippen LogP contribution in [0.5, 0.6) is 5.75 Å². The van der Waals surface area contributed by atoms with Gasteiger partial charge in [0.05, 0.1) is 11.7 Å². The highest BCUT2D eigenvalue weighted by Crippen LogP contribution is 2.29. The number of anilines is 1. The zero-order chi connectivity index (χ0) is 18.8. The molecule has 5 nitrogen and oxygen atoms in total. The minimum Gasteiger partial charge on any atom is -0.506 e. The molecule has 1 saturated heterocycles. The van der Waals surface area contributed by atoms with Crippen LogP contribution in [0.1, 0.15) is 33.9 Å². The molecule has 3 rings (SSSR count). The van der Waals surface area contributed by atoms with Crippen molar-refractivity contribution < 1.29 is 9.90 Å². The molecule has 3 N–H and O–H groups in total. The fraction of sp³-hybridized carbons (Fsp3) is 0.381. The van der Waals surface area contributed by atoms with Gasteiger partial charge in [0.15, 0.2) is 0 Å². The number of nitrogens with one attached hydrogen (secondary N) is 2. The van der Waals surface area contributed by atoms with Crippen LogP contribution in [0.15, 0.2) is 30.3 Å². The first-order valence-electron chi connectivity index (χ1n) is 9.02. The van der Waals surface area contributed by atoms with E-state index in [-0.39, 0.29) is 17.8 Å². The van der Waals surface area contributed by atoms with Crippen LogP contribution in [0, 0.1) is 27.7 Å². The molecule has 1 fully saturated rings. The molecule has 0 radical (unpaired) electrons. The molecule has 138 valence electrons. The average molecular weight is 353 g/mol. The first-order chi connectivity index (χ1) is 12.3. The van der Waals surface area contributed by atoms with Gasteiger partial charge in [-0.25, -0.2) is 4.79 Å². The molecule has 2 aromatic rings. The lowest BCUT2D eigenvalue weighted by Crippen LogP contribution is -2.50. The molecule has 26 heavy (non-hydrogen) atoms. The van der Waals surface area contributed by atoms with Crippen LogP contribution >= 0.6 is 0 Å². The van der Waals surface area contributed by atoms with Crippen molar-refractivity contribution in [1.29, 1.82) is 0 Å². The highest BCUT2D eigenvalue weighted by atomic mass is 16.3. The fourth-order valence-corrected chi connectivity index (χ4v) is 3.54. The van der Waals surface area contributed by atoms with Gasteiger partial charge in [-0.15, -0.1) is 0 Å². The van der Waals surface area contributed by atoms with Crippen LogP contribution in [-0.2, 0) is 0 Å². The summed E-state index contributed by atoms with van der Waals surface area (Å²) < 4.78 is 0. The topological polar surface area (TPSA) is 64.6 Å². The molecular weight excluding hydrogens is 326 g/mol. The molecular formula is C21H27N3O2. The number of piperazine rings is 1. The van der Waals surface area contributed by atoms with Gasteiger partial charge >= 0.3 is 6.03 Å². The Morgan fingerprint density at radius 2 is 1.73 bits per heavy atom. The normalized spacial score (nSPS) is 17.2. The van der Waals surface area contributed by atoms with Gasteiger partial charge in [0.1, 0.15) is 5.75 Å². The lowest BCUT2D eigenvalue weighted by Gasteiger charge is -2.36. The van der Waals surface area contributed by atoms with Crippen LogP contribution in [0.3, 0.4) is 0 Å². The number of nitrogens with zero attached hydrogens (tertiary/aromatic N) is 1. The van der Waals surface area contributed by atoms with Gasteiger partial charge in [0, 0.05) is 19.6 Å². The Morgan fingerprint density at radius 3 is 2.42 bits per heavy atom. The molecule has 5 heteroatoms. The number of phenolic OH excluding ortho intramolecular Hbond substituents is 1. The monoisotopic (exact) mass is 353 g/mol. The summed E-state index contributed by atoms with van der Waals surface area (Å²) >= 11 is 0. The van der Waals surface area contributed by atoms with Crippen molar-refractivity contribution in [3.63, 3.8) is 0 Å². The SMILES string of the molecule is Cc1cc(C)cc(C2CNCCN2C(=O)Nc2cc(C)c(C)cc2O)c1. The van der Waals surface area contributed by atoms with Crippen LogP contribution in [-0.4, -0.2) is 35.7 Å². The van der Waals surface area contributed by atoms with Crippen molar-refractivity contribution in [3.05, 3.63) is 58.1 Å². The lowest BCUT2D eigenvalue weighted by molar-refractivity contribution is 0.171. The van der Waals surface area contributed by atoms with Gasteiger partial charge in [-0.3, -0.25) is 0 Å². The number of carbonyl (C=O) groups excluding carboxylic acids is 1. The van der Waals surface area contributed by atoms with Gasteiger partial charge in [0.25, 0.3) is 0 Å². The number of aromatic hydroxyl groups is 1. The van der Waals surface area contributed by atoms with Crippen molar-refractivity contribution in [1.82, 2.24) is 10.2 Å². The van der Waals surface area contributed by atoms with E-state index < -0.39 is 0 Å². The Labute approximate surface area is 155 Å². The molecule has 2 aromatic carbocycles. The van der Waals surface area contributed by atoms with E-state index in [9.17, 15) is 9.90 Å². The van der Waals surface area contributed by atoms with Gasteiger partial charge in [-0.05, 0) is 56.5 Å². The maximum Gasteiger partial charge on any atom is 0.322 e. The van der Waals surface area contributed by atoms with E-state index in [1.165, 1.54) is 11.1 Å². The summed E-state index contributed by atoms with van der Waals surface area (Å²) in [6, 6.07) is 9.69. The molecule has 0 saturated carbocycles. The first kappa shape index (κ1) is 18.3. The Kier molecular flexibility index (Phi) is 5.18. The van der Waals surface area contributed by atoms with Gasteiger partial charge in [-0.2, -0.15) is 0 Å². The lowest BCUT2D eigenvalue weighted by atomic mass is 9.99. The molecule has 1 atom stereocenters. The molecule has 1 heterocycles. The van der Waals surface area contributed by atoms with E-state index in [4.69, 9.17) is 0 Å². The number of rotatable bonds is 2. The van der Waals surface area contributed by atoms with E-state index in [2.05, 4.69) is 42.7 Å². The number of urea groups is 1. The smallest absolute Gasteiger partial charge is 0.322 e. The number of carbonyl (C=O) groups is 1. The predicted molar refractivity (Wildman–Crippen MR) is 105 cm³/mol. The number of hydrogen-bond acceptors (Lipinski definition) is 3. The molecule has 0 aromatic heterocycles. The number of amides is 2. The maximum absolute atomic E-state index is 12.9. The van der Waals surface area contributed by atoms with E-state index >= 15 is 0 Å². The standard InChI is InChI=1S/C21H27N3O2/c1-13-7-14(2)9-17(8-13)19-12-22-5-6-24(19)21(26)23-18-10-15(3)16(4)11-20(18)25/h7-11,19,22,25H,5-6,12H2,1-4H3,(H,23,26). The van der Waals surface area contributed by atoms with Crippen molar-refractivity contribution in [2.75, 3.05) is 25.0 Å². The quantitative estimate of drug-likeness (QED) is 0.720. The van der Waals surface area contributed by atoms with E-state index in [1.54, 1.807) is 6.07 Å². The van der Waals surface area contributed by atoms with Crippen molar-refractivity contribution in [2.45, 2.75) is 33.7 Å². The molecule has 0 bridgehead atoms. The zero-order valence-corrected chi connectivity index (χ0v) is 15.9. The highest BCUT2D eigenvalue weighted by molar-refractivity contribution is 5.91. The Balaban J connectivity index is 1.85. The summed E-state index contributed by atoms with van der Waals surface area (Å²) in [6.45, 7) is 10.1. The minimum absolute atomic E-state index is 0.0314. The Hall–Kier alpha value is -2.53. The molecule has 0 aliphatic carbocycles. The van der Waals surface area contributed by atoms with Gasteiger partial charge in [0.2, 0.25) is 0 Å². The van der Waals surface area contributed by atoms with Crippen molar-refractivity contribution >= 4 is 11.7 Å². The average Bonchev–Trinajstić information content (AvgIpc) is 2.58. The maximum atomic E-state index is 12.9. The van der Waals surface area contributed by atoms with Crippen molar-refractivity contribution in [2.24, 2.45) is 0 Å². The van der Waals surface area contributed by atoms with Crippen LogP contribution in [0.2, 0.25) is 0 Å². The second-order valence-corrected chi connectivity index (χ2v) is 7.22. The Bertz CT molecular complexity index is 812. The first-order valence-corrected chi connectivity index (χ1v) is 9.02. The fourth-order valence-electron chi connectivity index (χ4n) is 3.54. The second kappa shape index (κ2) is 7.38. The van der Waals surface area contributed by atoms with Crippen LogP contribution in [0.25, 0.3) is 0 Å². The highest BCUT2D eigenvalue weighted by Gasteiger charge is 2.28. The van der Waals surface area contributed by atoms with Gasteiger partial charge in [-0.1, -0.05) is 29.3 Å². The predicted octanol–water partition coefficient (Wildman–Crippen LogP) is 3.80. The molecule has 1 aliphatic heterocycles. The largest absolute Gasteiger partial charge is 0.506 e. The number of benzene rings is 2. The van der Waals surface area contributed by atoms with Gasteiger partial charge < -0.3 is 20.6 Å². The third-order valence-electron chi connectivity index (χ3n) is 4.99. The van der Waals surface area contributed by atoms with E-state index in [1.807, 2.05) is 24.8 Å².